The molecule has 2 heterocycles. The van der Waals surface area contributed by atoms with Crippen molar-refractivity contribution in [2.45, 2.75) is 18.9 Å². The van der Waals surface area contributed by atoms with Gasteiger partial charge in [-0.25, -0.2) is 4.39 Å². The second-order valence-corrected chi connectivity index (χ2v) is 5.42. The van der Waals surface area contributed by atoms with E-state index in [1.165, 1.54) is 38.5 Å². The zero-order valence-electron chi connectivity index (χ0n) is 9.63. The van der Waals surface area contributed by atoms with Crippen molar-refractivity contribution in [3.63, 3.8) is 0 Å². The van der Waals surface area contributed by atoms with Crippen molar-refractivity contribution in [2.24, 2.45) is 5.92 Å². The van der Waals surface area contributed by atoms with Gasteiger partial charge >= 0.3 is 0 Å². The second-order valence-electron chi connectivity index (χ2n) is 5.02. The van der Waals surface area contributed by atoms with E-state index in [1.807, 2.05) is 0 Å². The van der Waals surface area contributed by atoms with E-state index in [0.29, 0.717) is 6.04 Å². The first-order valence-electron chi connectivity index (χ1n) is 6.16. The largest absolute Gasteiger partial charge is 0.382 e. The number of halogens is 2. The van der Waals surface area contributed by atoms with Gasteiger partial charge in [0.25, 0.3) is 0 Å². The highest BCUT2D eigenvalue weighted by Gasteiger charge is 2.34. The molecule has 2 fully saturated rings. The minimum Gasteiger partial charge on any atom is -0.382 e. The van der Waals surface area contributed by atoms with Crippen LogP contribution in [-0.4, -0.2) is 30.6 Å². The van der Waals surface area contributed by atoms with Crippen molar-refractivity contribution in [1.29, 1.82) is 0 Å². The van der Waals surface area contributed by atoms with Crippen molar-refractivity contribution in [3.05, 3.63) is 29.0 Å². The number of nitrogens with zero attached hydrogens (tertiary/aromatic N) is 1. The van der Waals surface area contributed by atoms with E-state index in [9.17, 15) is 4.39 Å². The summed E-state index contributed by atoms with van der Waals surface area (Å²) in [6, 6.07) is 5.38. The Bertz CT molecular complexity index is 424. The molecule has 3 atom stereocenters. The number of fused-ring (bicyclic) bond motifs is 2. The average molecular weight is 255 g/mol. The van der Waals surface area contributed by atoms with Crippen molar-refractivity contribution in [2.75, 3.05) is 25.0 Å². The lowest BCUT2D eigenvalue weighted by molar-refractivity contribution is 0.255. The monoisotopic (exact) mass is 254 g/mol. The summed E-state index contributed by atoms with van der Waals surface area (Å²) in [7, 11) is 0. The molecule has 3 rings (SSSR count). The first-order valence-corrected chi connectivity index (χ1v) is 6.54. The second kappa shape index (κ2) is 4.46. The lowest BCUT2D eigenvalue weighted by Gasteiger charge is -2.31. The van der Waals surface area contributed by atoms with Gasteiger partial charge in [-0.2, -0.15) is 0 Å². The highest BCUT2D eigenvalue weighted by Crippen LogP contribution is 2.30. The molecule has 1 aromatic carbocycles. The molecule has 2 nitrogen and oxygen atoms in total. The summed E-state index contributed by atoms with van der Waals surface area (Å²) >= 11 is 5.79. The van der Waals surface area contributed by atoms with Gasteiger partial charge in [0.2, 0.25) is 0 Å². The maximum Gasteiger partial charge on any atom is 0.141 e. The van der Waals surface area contributed by atoms with E-state index in [1.54, 1.807) is 12.1 Å². The Hall–Kier alpha value is -0.800. The molecule has 92 valence electrons. The van der Waals surface area contributed by atoms with Gasteiger partial charge in [0, 0.05) is 24.8 Å². The topological polar surface area (TPSA) is 15.3 Å². The van der Waals surface area contributed by atoms with Gasteiger partial charge in [-0.1, -0.05) is 11.6 Å². The van der Waals surface area contributed by atoms with Crippen LogP contribution in [0, 0.1) is 11.7 Å². The van der Waals surface area contributed by atoms with E-state index in [2.05, 4.69) is 10.2 Å². The van der Waals surface area contributed by atoms with E-state index in [4.69, 9.17) is 11.6 Å². The summed E-state index contributed by atoms with van der Waals surface area (Å²) in [5.41, 5.74) is 0.932. The molecular formula is C13H16ClFN2. The number of benzene rings is 1. The molecule has 2 saturated heterocycles. The minimum absolute atomic E-state index is 0.193. The number of hydrogen-bond acceptors (Lipinski definition) is 2. The van der Waals surface area contributed by atoms with Crippen molar-refractivity contribution >= 4 is 17.3 Å². The van der Waals surface area contributed by atoms with Crippen molar-refractivity contribution in [3.8, 4) is 0 Å². The maximum absolute atomic E-state index is 13.1. The highest BCUT2D eigenvalue weighted by atomic mass is 35.5. The molecule has 0 radical (unpaired) electrons. The Morgan fingerprint density at radius 3 is 2.94 bits per heavy atom. The van der Waals surface area contributed by atoms with Gasteiger partial charge < -0.3 is 10.2 Å². The lowest BCUT2D eigenvalue weighted by atomic mass is 9.94. The van der Waals surface area contributed by atoms with Crippen LogP contribution in [0.25, 0.3) is 0 Å². The van der Waals surface area contributed by atoms with Crippen LogP contribution in [0.2, 0.25) is 5.02 Å². The Labute approximate surface area is 106 Å². The summed E-state index contributed by atoms with van der Waals surface area (Å²) in [4.78, 5) is 2.51. The molecule has 0 spiro atoms. The fourth-order valence-corrected chi connectivity index (χ4v) is 3.12. The fraction of sp³-hybridized carbons (Fsp3) is 0.538. The quantitative estimate of drug-likeness (QED) is 0.873. The molecule has 1 N–H and O–H groups in total. The molecule has 2 bridgehead atoms. The van der Waals surface area contributed by atoms with E-state index >= 15 is 0 Å². The van der Waals surface area contributed by atoms with E-state index in [0.717, 1.165) is 11.6 Å². The van der Waals surface area contributed by atoms with Gasteiger partial charge in [-0.3, -0.25) is 0 Å². The smallest absolute Gasteiger partial charge is 0.141 e. The molecular weight excluding hydrogens is 239 g/mol. The summed E-state index contributed by atoms with van der Waals surface area (Å²) in [5.74, 6) is 0.375. The summed E-state index contributed by atoms with van der Waals surface area (Å²) in [6.07, 6.45) is 2.44. The summed E-state index contributed by atoms with van der Waals surface area (Å²) < 4.78 is 13.1. The van der Waals surface area contributed by atoms with Gasteiger partial charge in [-0.05, 0) is 43.5 Å². The number of nitrogens with one attached hydrogen (secondary N) is 1. The van der Waals surface area contributed by atoms with Gasteiger partial charge in [0.1, 0.15) is 5.82 Å². The third-order valence-corrected chi connectivity index (χ3v) is 4.20. The van der Waals surface area contributed by atoms with Crippen LogP contribution in [-0.2, 0) is 0 Å². The lowest BCUT2D eigenvalue weighted by Crippen LogP contribution is -2.39. The third kappa shape index (κ3) is 2.26. The molecule has 1 aromatic rings. The number of piperidine rings is 1. The SMILES string of the molecule is Fc1ccc(NC2CCN3CCC2C3)cc1Cl. The predicted octanol–water partition coefficient (Wildman–Crippen LogP) is 2.99. The molecule has 2 aliphatic rings. The number of rotatable bonds is 2. The zero-order valence-corrected chi connectivity index (χ0v) is 10.4. The predicted molar refractivity (Wildman–Crippen MR) is 68.0 cm³/mol. The number of hydrogen-bond donors (Lipinski definition) is 1. The molecule has 0 amide bonds. The van der Waals surface area contributed by atoms with Crippen molar-refractivity contribution in [1.82, 2.24) is 4.90 Å². The standard InChI is InChI=1S/C13H16ClFN2/c14-11-7-10(1-2-12(11)15)16-13-4-6-17-5-3-9(13)8-17/h1-2,7,9,13,16H,3-6,8H2. The molecule has 4 heteroatoms. The minimum atomic E-state index is -0.354. The fourth-order valence-electron chi connectivity index (χ4n) is 2.94. The van der Waals surface area contributed by atoms with E-state index < -0.39 is 0 Å². The number of anilines is 1. The Kier molecular flexibility index (Phi) is 2.97. The Morgan fingerprint density at radius 1 is 1.29 bits per heavy atom. The maximum atomic E-state index is 13.1. The molecule has 0 aliphatic carbocycles. The van der Waals surface area contributed by atoms with Crippen LogP contribution in [0.4, 0.5) is 10.1 Å². The normalized spacial score (nSPS) is 31.5. The molecule has 17 heavy (non-hydrogen) atoms. The van der Waals surface area contributed by atoms with Crippen LogP contribution in [0.1, 0.15) is 12.8 Å². The first-order chi connectivity index (χ1) is 8.22. The average Bonchev–Trinajstić information content (AvgIpc) is 2.71. The van der Waals surface area contributed by atoms with Gasteiger partial charge in [-0.15, -0.1) is 0 Å². The first kappa shape index (κ1) is 11.3. The Morgan fingerprint density at radius 2 is 2.12 bits per heavy atom. The van der Waals surface area contributed by atoms with Crippen molar-refractivity contribution < 1.29 is 4.39 Å². The third-order valence-electron chi connectivity index (χ3n) is 3.91. The van der Waals surface area contributed by atoms with Gasteiger partial charge in [0.05, 0.1) is 5.02 Å². The van der Waals surface area contributed by atoms with Crippen LogP contribution in [0.15, 0.2) is 18.2 Å². The highest BCUT2D eigenvalue weighted by molar-refractivity contribution is 6.31. The van der Waals surface area contributed by atoms with Crippen LogP contribution in [0.3, 0.4) is 0 Å². The summed E-state index contributed by atoms with van der Waals surface area (Å²) in [5, 5.41) is 3.69. The molecule has 2 aliphatic heterocycles. The van der Waals surface area contributed by atoms with Gasteiger partial charge in [0.15, 0.2) is 0 Å². The Balaban J connectivity index is 1.71. The van der Waals surface area contributed by atoms with Crippen LogP contribution in [0.5, 0.6) is 0 Å². The zero-order chi connectivity index (χ0) is 11.8. The molecule has 0 aromatic heterocycles. The van der Waals surface area contributed by atoms with E-state index in [-0.39, 0.29) is 10.8 Å². The molecule has 0 saturated carbocycles. The van der Waals surface area contributed by atoms with Crippen LogP contribution < -0.4 is 5.32 Å². The summed E-state index contributed by atoms with van der Waals surface area (Å²) in [6.45, 7) is 3.60. The molecule has 3 unspecified atom stereocenters. The van der Waals surface area contributed by atoms with Crippen LogP contribution >= 0.6 is 11.6 Å².